The Kier molecular flexibility index (Phi) is 6.52. The first-order valence-electron chi connectivity index (χ1n) is 11.8. The molecule has 0 radical (unpaired) electrons. The number of sulfonamides is 1. The zero-order chi connectivity index (χ0) is 26.3. The second kappa shape index (κ2) is 9.66. The van der Waals surface area contributed by atoms with E-state index >= 15 is 0 Å². The molecule has 0 aliphatic carbocycles. The highest BCUT2D eigenvalue weighted by molar-refractivity contribution is 7.89. The van der Waals surface area contributed by atoms with E-state index in [1.165, 1.54) is 29.6 Å². The summed E-state index contributed by atoms with van der Waals surface area (Å²) in [6.45, 7) is 2.63. The highest BCUT2D eigenvalue weighted by Gasteiger charge is 2.45. The number of methoxy groups -OCH3 is 1. The van der Waals surface area contributed by atoms with Crippen LogP contribution in [0.4, 0.5) is 0 Å². The van der Waals surface area contributed by atoms with Crippen LogP contribution in [0.5, 0.6) is 0 Å². The van der Waals surface area contributed by atoms with Crippen LogP contribution < -0.4 is 0 Å². The second-order valence-corrected chi connectivity index (χ2v) is 10.8. The minimum Gasteiger partial charge on any atom is -0.467 e. The van der Waals surface area contributed by atoms with Crippen molar-refractivity contribution in [1.82, 2.24) is 14.2 Å². The van der Waals surface area contributed by atoms with Crippen LogP contribution in [0.2, 0.25) is 0 Å². The van der Waals surface area contributed by atoms with Gasteiger partial charge in [-0.1, -0.05) is 30.3 Å². The third-order valence-corrected chi connectivity index (χ3v) is 8.56. The van der Waals surface area contributed by atoms with Gasteiger partial charge in [0, 0.05) is 24.9 Å². The van der Waals surface area contributed by atoms with E-state index in [4.69, 9.17) is 9.47 Å². The second-order valence-electron chi connectivity index (χ2n) is 8.85. The average molecular weight is 524 g/mol. The van der Waals surface area contributed by atoms with Gasteiger partial charge in [0.2, 0.25) is 10.0 Å². The van der Waals surface area contributed by atoms with Crippen LogP contribution in [0.25, 0.3) is 10.9 Å². The molecule has 2 aromatic carbocycles. The molecule has 1 atom stereocenters. The molecule has 37 heavy (non-hydrogen) atoms. The zero-order valence-corrected chi connectivity index (χ0v) is 21.2. The maximum atomic E-state index is 13.8. The quantitative estimate of drug-likeness (QED) is 0.355. The SMILES string of the molecule is COC(=O)[C@H](Cc1ccccc1)N1C(=O)c2c(C)nc3ccc(S(=O)(=O)N4CCOCC4)cc3c2C1=O. The van der Waals surface area contributed by atoms with Gasteiger partial charge in [-0.15, -0.1) is 0 Å². The first-order chi connectivity index (χ1) is 17.7. The van der Waals surface area contributed by atoms with Gasteiger partial charge in [0.05, 0.1) is 47.6 Å². The normalized spacial score (nSPS) is 17.2. The van der Waals surface area contributed by atoms with Crippen molar-refractivity contribution in [3.05, 3.63) is 70.9 Å². The average Bonchev–Trinajstić information content (AvgIpc) is 3.18. The van der Waals surface area contributed by atoms with Gasteiger partial charge in [-0.3, -0.25) is 19.5 Å². The number of benzene rings is 2. The van der Waals surface area contributed by atoms with Crippen LogP contribution >= 0.6 is 0 Å². The number of carbonyl (C=O) groups is 3. The number of hydrogen-bond acceptors (Lipinski definition) is 8. The van der Waals surface area contributed by atoms with Crippen molar-refractivity contribution in [2.24, 2.45) is 0 Å². The van der Waals surface area contributed by atoms with E-state index in [-0.39, 0.29) is 40.9 Å². The van der Waals surface area contributed by atoms with Crippen molar-refractivity contribution in [3.63, 3.8) is 0 Å². The smallest absolute Gasteiger partial charge is 0.329 e. The minimum absolute atomic E-state index is 0.0118. The zero-order valence-electron chi connectivity index (χ0n) is 20.3. The summed E-state index contributed by atoms with van der Waals surface area (Å²) in [5.74, 6) is -2.09. The number of aryl methyl sites for hydroxylation is 1. The largest absolute Gasteiger partial charge is 0.467 e. The number of imide groups is 1. The molecule has 11 heteroatoms. The highest BCUT2D eigenvalue weighted by Crippen LogP contribution is 2.35. The number of rotatable bonds is 6. The van der Waals surface area contributed by atoms with E-state index in [2.05, 4.69) is 4.98 Å². The molecule has 5 rings (SSSR count). The standard InChI is InChI=1S/C26H25N3O7S/c1-16-22-23(19-15-18(8-9-20(19)27-16)37(33,34)28-10-12-36-13-11-28)25(31)29(24(22)30)21(26(32)35-2)14-17-6-4-3-5-7-17/h3-9,15,21H,10-14H2,1-2H3/t21-/m0/s1. The summed E-state index contributed by atoms with van der Waals surface area (Å²) in [6, 6.07) is 12.1. The molecular weight excluding hydrogens is 498 g/mol. The maximum absolute atomic E-state index is 13.8. The lowest BCUT2D eigenvalue weighted by Gasteiger charge is -2.26. The summed E-state index contributed by atoms with van der Waals surface area (Å²) in [6.07, 6.45) is 0.0695. The van der Waals surface area contributed by atoms with E-state index in [1.54, 1.807) is 31.2 Å². The monoisotopic (exact) mass is 523 g/mol. The molecule has 10 nitrogen and oxygen atoms in total. The Balaban J connectivity index is 1.61. The van der Waals surface area contributed by atoms with Crippen LogP contribution in [0.15, 0.2) is 53.4 Å². The molecular formula is C26H25N3O7S. The van der Waals surface area contributed by atoms with Crippen LogP contribution in [-0.4, -0.2) is 79.8 Å². The van der Waals surface area contributed by atoms with Crippen molar-refractivity contribution >= 4 is 38.7 Å². The van der Waals surface area contributed by atoms with Crippen molar-refractivity contribution < 1.29 is 32.3 Å². The van der Waals surface area contributed by atoms with E-state index in [0.717, 1.165) is 10.5 Å². The summed E-state index contributed by atoms with van der Waals surface area (Å²) in [5.41, 5.74) is 1.52. The Morgan fingerprint density at radius 1 is 1.05 bits per heavy atom. The summed E-state index contributed by atoms with van der Waals surface area (Å²) in [5, 5.41) is 0.235. The van der Waals surface area contributed by atoms with Gasteiger partial charge in [0.1, 0.15) is 6.04 Å². The van der Waals surface area contributed by atoms with Gasteiger partial charge in [-0.2, -0.15) is 4.31 Å². The van der Waals surface area contributed by atoms with E-state index < -0.39 is 33.8 Å². The van der Waals surface area contributed by atoms with Crippen molar-refractivity contribution in [2.45, 2.75) is 24.3 Å². The van der Waals surface area contributed by atoms with E-state index in [0.29, 0.717) is 24.4 Å². The van der Waals surface area contributed by atoms with Gasteiger partial charge < -0.3 is 9.47 Å². The van der Waals surface area contributed by atoms with Crippen LogP contribution in [0.1, 0.15) is 32.0 Å². The Bertz CT molecular complexity index is 1520. The first-order valence-corrected chi connectivity index (χ1v) is 13.2. The topological polar surface area (TPSA) is 123 Å². The number of morpholine rings is 1. The third-order valence-electron chi connectivity index (χ3n) is 6.67. The molecule has 2 amide bonds. The van der Waals surface area contributed by atoms with Crippen LogP contribution in [0.3, 0.4) is 0 Å². The Hall–Kier alpha value is -3.67. The van der Waals surface area contributed by atoms with E-state index in [9.17, 15) is 22.8 Å². The fraction of sp³-hybridized carbons (Fsp3) is 0.308. The fourth-order valence-corrected chi connectivity index (χ4v) is 6.25. The van der Waals surface area contributed by atoms with Crippen LogP contribution in [0, 0.1) is 6.92 Å². The molecule has 2 aliphatic heterocycles. The molecule has 0 N–H and O–H groups in total. The Morgan fingerprint density at radius 2 is 1.73 bits per heavy atom. The molecule has 1 fully saturated rings. The van der Waals surface area contributed by atoms with Gasteiger partial charge in [-0.25, -0.2) is 13.2 Å². The van der Waals surface area contributed by atoms with Gasteiger partial charge in [0.25, 0.3) is 11.8 Å². The van der Waals surface area contributed by atoms with Crippen molar-refractivity contribution in [2.75, 3.05) is 33.4 Å². The van der Waals surface area contributed by atoms with Crippen LogP contribution in [-0.2, 0) is 30.7 Å². The molecule has 2 aliphatic rings. The molecule has 0 saturated carbocycles. The first kappa shape index (κ1) is 25.0. The molecule has 3 heterocycles. The lowest BCUT2D eigenvalue weighted by atomic mass is 10.0. The molecule has 0 bridgehead atoms. The maximum Gasteiger partial charge on any atom is 0.329 e. The number of carbonyl (C=O) groups excluding carboxylic acids is 3. The molecule has 0 unspecified atom stereocenters. The molecule has 1 saturated heterocycles. The number of ether oxygens (including phenoxy) is 2. The molecule has 3 aromatic rings. The summed E-state index contributed by atoms with van der Waals surface area (Å²) in [4.78, 5) is 45.5. The third kappa shape index (κ3) is 4.28. The fourth-order valence-electron chi connectivity index (χ4n) is 4.81. The van der Waals surface area contributed by atoms with Crippen molar-refractivity contribution in [1.29, 1.82) is 0 Å². The lowest BCUT2D eigenvalue weighted by molar-refractivity contribution is -0.145. The van der Waals surface area contributed by atoms with Gasteiger partial charge >= 0.3 is 5.97 Å². The van der Waals surface area contributed by atoms with Crippen molar-refractivity contribution in [3.8, 4) is 0 Å². The highest BCUT2D eigenvalue weighted by atomic mass is 32.2. The predicted octanol–water partition coefficient (Wildman–Crippen LogP) is 1.94. The number of pyridine rings is 1. The molecule has 1 aromatic heterocycles. The summed E-state index contributed by atoms with van der Waals surface area (Å²) >= 11 is 0. The number of aromatic nitrogens is 1. The number of amides is 2. The van der Waals surface area contributed by atoms with Gasteiger partial charge in [0.15, 0.2) is 0 Å². The minimum atomic E-state index is -3.86. The Morgan fingerprint density at radius 3 is 2.41 bits per heavy atom. The number of hydrogen-bond donors (Lipinski definition) is 0. The molecule has 0 spiro atoms. The summed E-state index contributed by atoms with van der Waals surface area (Å²) < 4.78 is 38.1. The number of fused-ring (bicyclic) bond motifs is 3. The predicted molar refractivity (Wildman–Crippen MR) is 133 cm³/mol. The number of esters is 1. The summed E-state index contributed by atoms with van der Waals surface area (Å²) in [7, 11) is -2.66. The Labute approximate surface area is 213 Å². The number of nitrogens with zero attached hydrogens (tertiary/aromatic N) is 3. The van der Waals surface area contributed by atoms with E-state index in [1.807, 2.05) is 6.07 Å². The lowest BCUT2D eigenvalue weighted by Crippen LogP contribution is -2.46. The molecule has 192 valence electrons. The van der Waals surface area contributed by atoms with Gasteiger partial charge in [-0.05, 0) is 30.7 Å².